The van der Waals surface area contributed by atoms with Crippen molar-refractivity contribution in [1.29, 1.82) is 0 Å². The summed E-state index contributed by atoms with van der Waals surface area (Å²) in [6.45, 7) is 2.31. The summed E-state index contributed by atoms with van der Waals surface area (Å²) in [5.41, 5.74) is 3.35. The summed E-state index contributed by atoms with van der Waals surface area (Å²) in [4.78, 5) is 25.5. The predicted molar refractivity (Wildman–Crippen MR) is 140 cm³/mol. The molecule has 1 N–H and O–H groups in total. The largest absolute Gasteiger partial charge is 0.504 e. The Morgan fingerprint density at radius 3 is 2.24 bits per heavy atom. The highest BCUT2D eigenvalue weighted by Crippen LogP contribution is 2.62. The number of rotatable bonds is 4. The summed E-state index contributed by atoms with van der Waals surface area (Å²) in [6, 6.07) is 21.8. The highest BCUT2D eigenvalue weighted by atomic mass is 16.5. The van der Waals surface area contributed by atoms with Gasteiger partial charge in [-0.1, -0.05) is 43.3 Å². The summed E-state index contributed by atoms with van der Waals surface area (Å²) in [7, 11) is 0. The molecule has 0 bridgehead atoms. The minimum absolute atomic E-state index is 0.0101. The number of carbonyl (C=O) groups is 2. The quantitative estimate of drug-likeness (QED) is 0.322. The topological polar surface area (TPSA) is 72.8 Å². The van der Waals surface area contributed by atoms with Crippen LogP contribution in [0.5, 0.6) is 11.5 Å². The van der Waals surface area contributed by atoms with Crippen LogP contribution in [0.2, 0.25) is 0 Å². The molecule has 0 radical (unpaired) electrons. The lowest BCUT2D eigenvalue weighted by Crippen LogP contribution is -2.45. The molecule has 3 aliphatic carbocycles. The molecule has 2 saturated carbocycles. The van der Waals surface area contributed by atoms with Crippen molar-refractivity contribution >= 4 is 11.9 Å². The minimum Gasteiger partial charge on any atom is -0.504 e. The molecule has 37 heavy (non-hydrogen) atoms. The molecule has 5 heteroatoms. The zero-order valence-corrected chi connectivity index (χ0v) is 21.1. The second-order valence-corrected chi connectivity index (χ2v) is 11.1. The molecule has 0 saturated heterocycles. The van der Waals surface area contributed by atoms with Crippen molar-refractivity contribution in [3.8, 4) is 11.5 Å². The zero-order valence-electron chi connectivity index (χ0n) is 21.1. The van der Waals surface area contributed by atoms with Gasteiger partial charge in [-0.25, -0.2) is 9.59 Å². The number of aryl methyl sites for hydroxylation is 1. The predicted octanol–water partition coefficient (Wildman–Crippen LogP) is 6.69. The van der Waals surface area contributed by atoms with E-state index in [2.05, 4.69) is 6.92 Å². The number of phenols is 1. The highest BCUT2D eigenvalue weighted by Gasteiger charge is 2.56. The van der Waals surface area contributed by atoms with Crippen LogP contribution >= 0.6 is 0 Å². The van der Waals surface area contributed by atoms with Crippen LogP contribution in [0.4, 0.5) is 0 Å². The van der Waals surface area contributed by atoms with Gasteiger partial charge in [0.05, 0.1) is 11.1 Å². The molecule has 0 amide bonds. The van der Waals surface area contributed by atoms with Crippen molar-refractivity contribution in [3.05, 3.63) is 95.1 Å². The molecule has 6 rings (SSSR count). The van der Waals surface area contributed by atoms with E-state index in [-0.39, 0.29) is 29.0 Å². The summed E-state index contributed by atoms with van der Waals surface area (Å²) in [5.74, 6) is 0.826. The van der Waals surface area contributed by atoms with Gasteiger partial charge in [-0.15, -0.1) is 0 Å². The van der Waals surface area contributed by atoms with E-state index in [1.165, 1.54) is 5.56 Å². The van der Waals surface area contributed by atoms with Crippen LogP contribution in [-0.4, -0.2) is 23.1 Å². The standard InChI is InChI=1S/C32H32O5/c1-32-17-16-23-24(26(32)14-15-29(32)37-31(35)21-10-6-3-7-11-21)13-12-22-18-27(33)28(19-25(22)23)36-30(34)20-8-4-2-5-9-20/h2-11,18-19,23-24,26,29,33H,12-17H2,1H3/t23-,24+,26-,29-,32-/m0/s1. The highest BCUT2D eigenvalue weighted by molar-refractivity contribution is 5.91. The van der Waals surface area contributed by atoms with Crippen LogP contribution < -0.4 is 4.74 Å². The van der Waals surface area contributed by atoms with Crippen molar-refractivity contribution in [2.75, 3.05) is 0 Å². The lowest BCUT2D eigenvalue weighted by molar-refractivity contribution is -0.0428. The van der Waals surface area contributed by atoms with E-state index < -0.39 is 5.97 Å². The van der Waals surface area contributed by atoms with Crippen molar-refractivity contribution in [2.45, 2.75) is 57.5 Å². The zero-order chi connectivity index (χ0) is 25.6. The molecule has 0 unspecified atom stereocenters. The molecule has 5 atom stereocenters. The van der Waals surface area contributed by atoms with Gasteiger partial charge in [0.2, 0.25) is 0 Å². The Morgan fingerprint density at radius 2 is 1.54 bits per heavy atom. The number of ether oxygens (including phenoxy) is 2. The molecule has 3 aromatic carbocycles. The molecule has 0 aromatic heterocycles. The van der Waals surface area contributed by atoms with Crippen LogP contribution in [0.3, 0.4) is 0 Å². The molecular formula is C32H32O5. The van der Waals surface area contributed by atoms with Crippen molar-refractivity contribution in [1.82, 2.24) is 0 Å². The number of hydrogen-bond donors (Lipinski definition) is 1. The van der Waals surface area contributed by atoms with Gasteiger partial charge < -0.3 is 14.6 Å². The number of hydrogen-bond acceptors (Lipinski definition) is 5. The SMILES string of the molecule is C[C@]12CC[C@@H]3c4cc(OC(=O)c5ccccc5)c(O)cc4CC[C@H]3[C@@H]1CC[C@@H]2OC(=O)c1ccccc1. The third-order valence-electron chi connectivity index (χ3n) is 9.19. The fraction of sp³-hybridized carbons (Fsp3) is 0.375. The van der Waals surface area contributed by atoms with E-state index in [0.29, 0.717) is 28.9 Å². The first kappa shape index (κ1) is 23.8. The Morgan fingerprint density at radius 1 is 0.865 bits per heavy atom. The first-order valence-electron chi connectivity index (χ1n) is 13.3. The first-order valence-corrected chi connectivity index (χ1v) is 13.3. The van der Waals surface area contributed by atoms with Crippen molar-refractivity contribution in [3.63, 3.8) is 0 Å². The molecular weight excluding hydrogens is 464 g/mol. The van der Waals surface area contributed by atoms with Gasteiger partial charge in [-0.05, 0) is 104 Å². The molecule has 3 aliphatic rings. The molecule has 2 fully saturated rings. The second kappa shape index (κ2) is 9.37. The summed E-state index contributed by atoms with van der Waals surface area (Å²) in [6.07, 6.45) is 5.78. The average molecular weight is 497 g/mol. The number of phenolic OH excluding ortho intramolecular Hbond substituents is 1. The van der Waals surface area contributed by atoms with E-state index in [1.54, 1.807) is 30.3 Å². The van der Waals surface area contributed by atoms with Gasteiger partial charge in [-0.2, -0.15) is 0 Å². The average Bonchev–Trinajstić information content (AvgIpc) is 3.26. The third kappa shape index (κ3) is 4.20. The smallest absolute Gasteiger partial charge is 0.343 e. The van der Waals surface area contributed by atoms with Gasteiger partial charge >= 0.3 is 11.9 Å². The number of fused-ring (bicyclic) bond motifs is 5. The number of benzene rings is 3. The van der Waals surface area contributed by atoms with Gasteiger partial charge in [0, 0.05) is 5.41 Å². The third-order valence-corrected chi connectivity index (χ3v) is 9.19. The minimum atomic E-state index is -0.474. The number of aromatic hydroxyl groups is 1. The van der Waals surface area contributed by atoms with Crippen LogP contribution in [0.15, 0.2) is 72.8 Å². The van der Waals surface area contributed by atoms with Gasteiger partial charge in [0.15, 0.2) is 11.5 Å². The van der Waals surface area contributed by atoms with Crippen LogP contribution in [0.1, 0.15) is 76.8 Å². The fourth-order valence-corrected chi connectivity index (χ4v) is 7.32. The van der Waals surface area contributed by atoms with Gasteiger partial charge in [0.1, 0.15) is 6.10 Å². The van der Waals surface area contributed by atoms with Crippen LogP contribution in [0.25, 0.3) is 0 Å². The number of esters is 2. The Hall–Kier alpha value is -3.60. The molecule has 0 aliphatic heterocycles. The maximum absolute atomic E-state index is 12.8. The number of carbonyl (C=O) groups excluding carboxylic acids is 2. The Labute approximate surface area is 217 Å². The Balaban J connectivity index is 1.22. The van der Waals surface area contributed by atoms with Crippen LogP contribution in [0, 0.1) is 17.3 Å². The lowest BCUT2D eigenvalue weighted by atomic mass is 9.55. The summed E-state index contributed by atoms with van der Waals surface area (Å²) in [5, 5.41) is 10.6. The van der Waals surface area contributed by atoms with E-state index in [1.807, 2.05) is 42.5 Å². The van der Waals surface area contributed by atoms with Gasteiger partial charge in [-0.3, -0.25) is 0 Å². The lowest BCUT2D eigenvalue weighted by Gasteiger charge is -2.50. The first-order chi connectivity index (χ1) is 17.9. The van der Waals surface area contributed by atoms with E-state index >= 15 is 0 Å². The Kier molecular flexibility index (Phi) is 6.02. The van der Waals surface area contributed by atoms with Crippen molar-refractivity contribution < 1.29 is 24.2 Å². The summed E-state index contributed by atoms with van der Waals surface area (Å²) < 4.78 is 11.8. The molecule has 0 heterocycles. The molecule has 3 aromatic rings. The second-order valence-electron chi connectivity index (χ2n) is 11.1. The van der Waals surface area contributed by atoms with E-state index in [9.17, 15) is 14.7 Å². The van der Waals surface area contributed by atoms with E-state index in [4.69, 9.17) is 9.47 Å². The molecule has 190 valence electrons. The Bertz CT molecular complexity index is 1320. The van der Waals surface area contributed by atoms with Crippen molar-refractivity contribution in [2.24, 2.45) is 17.3 Å². The maximum atomic E-state index is 12.8. The molecule has 0 spiro atoms. The maximum Gasteiger partial charge on any atom is 0.343 e. The van der Waals surface area contributed by atoms with Crippen LogP contribution in [-0.2, 0) is 11.2 Å². The fourth-order valence-electron chi connectivity index (χ4n) is 7.32. The van der Waals surface area contributed by atoms with Gasteiger partial charge in [0.25, 0.3) is 0 Å². The molecule has 5 nitrogen and oxygen atoms in total. The van der Waals surface area contributed by atoms with E-state index in [0.717, 1.165) is 44.1 Å². The summed E-state index contributed by atoms with van der Waals surface area (Å²) >= 11 is 0. The normalized spacial score (nSPS) is 27.9. The monoisotopic (exact) mass is 496 g/mol.